The predicted octanol–water partition coefficient (Wildman–Crippen LogP) is 2.49. The Bertz CT molecular complexity index is 367. The number of carbonyl (C=O) groups is 2. The number of rotatable bonds is 6. The van der Waals surface area contributed by atoms with Crippen LogP contribution in [0, 0.1) is 5.41 Å². The number of nitrogens with one attached hydrogen (secondary N) is 1. The molecule has 0 spiro atoms. The van der Waals surface area contributed by atoms with Crippen molar-refractivity contribution in [3.8, 4) is 0 Å². The zero-order chi connectivity index (χ0) is 13.8. The maximum atomic E-state index is 12.0. The average Bonchev–Trinajstić information content (AvgIpc) is 2.77. The minimum atomic E-state index is -0.831. The lowest BCUT2D eigenvalue weighted by molar-refractivity contribution is -0.149. The van der Waals surface area contributed by atoms with E-state index in [-0.39, 0.29) is 12.5 Å². The monoisotopic (exact) mass is 253 g/mol. The second-order valence-electron chi connectivity index (χ2n) is 5.09. The van der Waals surface area contributed by atoms with E-state index in [1.54, 1.807) is 0 Å². The third-order valence-corrected chi connectivity index (χ3v) is 4.16. The summed E-state index contributed by atoms with van der Waals surface area (Å²) in [6.07, 6.45) is 3.87. The molecule has 1 rings (SSSR count). The van der Waals surface area contributed by atoms with Crippen molar-refractivity contribution in [2.45, 2.75) is 52.9 Å². The van der Waals surface area contributed by atoms with Gasteiger partial charge in [-0.05, 0) is 39.0 Å². The van der Waals surface area contributed by atoms with Crippen molar-refractivity contribution < 1.29 is 14.7 Å². The van der Waals surface area contributed by atoms with Gasteiger partial charge in [0, 0.05) is 12.1 Å². The number of hydrogen-bond acceptors (Lipinski definition) is 2. The van der Waals surface area contributed by atoms with Gasteiger partial charge in [-0.25, -0.2) is 0 Å². The third-order valence-electron chi connectivity index (χ3n) is 4.16. The number of carboxylic acids is 1. The summed E-state index contributed by atoms with van der Waals surface area (Å²) < 4.78 is 0. The molecular weight excluding hydrogens is 230 g/mol. The van der Waals surface area contributed by atoms with Gasteiger partial charge in [-0.1, -0.05) is 19.4 Å². The fourth-order valence-electron chi connectivity index (χ4n) is 2.44. The van der Waals surface area contributed by atoms with Crippen LogP contribution in [0.4, 0.5) is 0 Å². The standard InChI is InChI=1S/C14H23NO3/c1-4-14(5-2,13(17)18)9-15-12(16)11-8-6-7-10(11)3/h4-9H2,1-3H3,(H,15,16)(H,17,18). The highest BCUT2D eigenvalue weighted by Crippen LogP contribution is 2.28. The number of hydrogen-bond donors (Lipinski definition) is 2. The van der Waals surface area contributed by atoms with Crippen LogP contribution in [0.3, 0.4) is 0 Å². The summed E-state index contributed by atoms with van der Waals surface area (Å²) in [4.78, 5) is 23.3. The largest absolute Gasteiger partial charge is 0.481 e. The van der Waals surface area contributed by atoms with Crippen molar-refractivity contribution >= 4 is 11.9 Å². The SMILES string of the molecule is CCC(CC)(CNC(=O)C1=C(C)CCC1)C(=O)O. The Balaban J connectivity index is 2.66. The quantitative estimate of drug-likeness (QED) is 0.764. The minimum absolute atomic E-state index is 0.0856. The molecule has 102 valence electrons. The predicted molar refractivity (Wildman–Crippen MR) is 70.2 cm³/mol. The molecule has 0 saturated heterocycles. The molecule has 4 nitrogen and oxygen atoms in total. The Morgan fingerprint density at radius 3 is 2.28 bits per heavy atom. The van der Waals surface area contributed by atoms with E-state index in [0.29, 0.717) is 12.8 Å². The van der Waals surface area contributed by atoms with E-state index >= 15 is 0 Å². The van der Waals surface area contributed by atoms with E-state index < -0.39 is 11.4 Å². The molecule has 1 amide bonds. The summed E-state index contributed by atoms with van der Waals surface area (Å²) in [6, 6.07) is 0. The number of carbonyl (C=O) groups excluding carboxylic acids is 1. The molecule has 2 N–H and O–H groups in total. The van der Waals surface area contributed by atoms with Crippen LogP contribution in [0.5, 0.6) is 0 Å². The molecule has 0 aromatic carbocycles. The maximum Gasteiger partial charge on any atom is 0.311 e. The Morgan fingerprint density at radius 2 is 1.89 bits per heavy atom. The Labute approximate surface area is 108 Å². The average molecular weight is 253 g/mol. The normalized spacial score (nSPS) is 15.9. The van der Waals surface area contributed by atoms with Crippen LogP contribution in [0.25, 0.3) is 0 Å². The van der Waals surface area contributed by atoms with Gasteiger partial charge in [0.1, 0.15) is 0 Å². The molecule has 0 heterocycles. The zero-order valence-corrected chi connectivity index (χ0v) is 11.5. The van der Waals surface area contributed by atoms with E-state index in [0.717, 1.165) is 30.4 Å². The van der Waals surface area contributed by atoms with Gasteiger partial charge in [-0.3, -0.25) is 9.59 Å². The number of allylic oxidation sites excluding steroid dienone is 1. The Morgan fingerprint density at radius 1 is 1.28 bits per heavy atom. The van der Waals surface area contributed by atoms with Crippen molar-refractivity contribution in [1.82, 2.24) is 5.32 Å². The highest BCUT2D eigenvalue weighted by molar-refractivity contribution is 5.94. The molecule has 0 radical (unpaired) electrons. The van der Waals surface area contributed by atoms with Gasteiger partial charge in [0.25, 0.3) is 0 Å². The molecule has 0 saturated carbocycles. The highest BCUT2D eigenvalue weighted by atomic mass is 16.4. The van der Waals surface area contributed by atoms with Crippen molar-refractivity contribution in [3.05, 3.63) is 11.1 Å². The second kappa shape index (κ2) is 6.03. The van der Waals surface area contributed by atoms with Gasteiger partial charge in [-0.2, -0.15) is 0 Å². The topological polar surface area (TPSA) is 66.4 Å². The molecule has 1 aliphatic rings. The van der Waals surface area contributed by atoms with E-state index in [1.165, 1.54) is 0 Å². The van der Waals surface area contributed by atoms with E-state index in [1.807, 2.05) is 20.8 Å². The molecule has 4 heteroatoms. The first-order chi connectivity index (χ1) is 8.46. The highest BCUT2D eigenvalue weighted by Gasteiger charge is 2.35. The van der Waals surface area contributed by atoms with E-state index in [2.05, 4.69) is 5.32 Å². The van der Waals surface area contributed by atoms with Crippen LogP contribution in [-0.2, 0) is 9.59 Å². The molecular formula is C14H23NO3. The third kappa shape index (κ3) is 2.92. The molecule has 18 heavy (non-hydrogen) atoms. The van der Waals surface area contributed by atoms with E-state index in [4.69, 9.17) is 0 Å². The van der Waals surface area contributed by atoms with Crippen LogP contribution >= 0.6 is 0 Å². The van der Waals surface area contributed by atoms with Crippen molar-refractivity contribution in [2.75, 3.05) is 6.54 Å². The van der Waals surface area contributed by atoms with Crippen molar-refractivity contribution in [2.24, 2.45) is 5.41 Å². The van der Waals surface area contributed by atoms with Crippen molar-refractivity contribution in [3.63, 3.8) is 0 Å². The minimum Gasteiger partial charge on any atom is -0.481 e. The number of aliphatic carboxylic acids is 1. The fraction of sp³-hybridized carbons (Fsp3) is 0.714. The maximum absolute atomic E-state index is 12.0. The zero-order valence-electron chi connectivity index (χ0n) is 11.5. The molecule has 0 aromatic heterocycles. The van der Waals surface area contributed by atoms with Crippen molar-refractivity contribution in [1.29, 1.82) is 0 Å². The van der Waals surface area contributed by atoms with Crippen LogP contribution in [-0.4, -0.2) is 23.5 Å². The van der Waals surface area contributed by atoms with Gasteiger partial charge >= 0.3 is 5.97 Å². The van der Waals surface area contributed by atoms with Crippen LogP contribution in [0.2, 0.25) is 0 Å². The Kier molecular flexibility index (Phi) is 4.93. The summed E-state index contributed by atoms with van der Waals surface area (Å²) in [6.45, 7) is 5.89. The fourth-order valence-corrected chi connectivity index (χ4v) is 2.44. The number of carboxylic acid groups (broad SMARTS) is 1. The second-order valence-corrected chi connectivity index (χ2v) is 5.09. The Hall–Kier alpha value is -1.32. The first-order valence-electron chi connectivity index (χ1n) is 6.67. The van der Waals surface area contributed by atoms with Gasteiger partial charge in [0.05, 0.1) is 5.41 Å². The number of amides is 1. The first kappa shape index (κ1) is 14.7. The summed E-state index contributed by atoms with van der Waals surface area (Å²) in [5.74, 6) is -0.914. The molecule has 0 aliphatic heterocycles. The van der Waals surface area contributed by atoms with Gasteiger partial charge in [0.2, 0.25) is 5.91 Å². The summed E-state index contributed by atoms with van der Waals surface area (Å²) >= 11 is 0. The lowest BCUT2D eigenvalue weighted by atomic mass is 9.82. The molecule has 1 aliphatic carbocycles. The first-order valence-corrected chi connectivity index (χ1v) is 6.67. The smallest absolute Gasteiger partial charge is 0.311 e. The molecule has 0 unspecified atom stereocenters. The lowest BCUT2D eigenvalue weighted by Crippen LogP contribution is -2.42. The molecule has 0 bridgehead atoms. The van der Waals surface area contributed by atoms with E-state index in [9.17, 15) is 14.7 Å². The van der Waals surface area contributed by atoms with Crippen LogP contribution < -0.4 is 5.32 Å². The summed E-state index contributed by atoms with van der Waals surface area (Å²) in [5.41, 5.74) is 1.16. The summed E-state index contributed by atoms with van der Waals surface area (Å²) in [5, 5.41) is 12.1. The lowest BCUT2D eigenvalue weighted by Gasteiger charge is -2.27. The van der Waals surface area contributed by atoms with Gasteiger partial charge in [0.15, 0.2) is 0 Å². The van der Waals surface area contributed by atoms with Gasteiger partial charge in [-0.15, -0.1) is 0 Å². The van der Waals surface area contributed by atoms with Gasteiger partial charge < -0.3 is 10.4 Å². The molecule has 0 fully saturated rings. The summed E-state index contributed by atoms with van der Waals surface area (Å²) in [7, 11) is 0. The molecule has 0 aromatic rings. The van der Waals surface area contributed by atoms with Crippen LogP contribution in [0.1, 0.15) is 52.9 Å². The molecule has 0 atom stereocenters. The van der Waals surface area contributed by atoms with Crippen LogP contribution in [0.15, 0.2) is 11.1 Å².